The molecule has 0 atom stereocenters. The van der Waals surface area contributed by atoms with Crippen molar-refractivity contribution in [1.82, 2.24) is 0 Å². The highest BCUT2D eigenvalue weighted by Crippen LogP contribution is 2.14. The van der Waals surface area contributed by atoms with Gasteiger partial charge >= 0.3 is 0 Å². The molecule has 0 aliphatic carbocycles. The van der Waals surface area contributed by atoms with Gasteiger partial charge in [0.25, 0.3) is 5.91 Å². The number of nitrogens with two attached hydrogens (primary N) is 1. The van der Waals surface area contributed by atoms with E-state index in [-0.39, 0.29) is 5.91 Å². The summed E-state index contributed by atoms with van der Waals surface area (Å²) in [6.45, 7) is 3.94. The first-order chi connectivity index (χ1) is 7.49. The Labute approximate surface area is 95.8 Å². The predicted molar refractivity (Wildman–Crippen MR) is 64.1 cm³/mol. The number of benzene rings is 1. The molecule has 0 saturated carbocycles. The number of rotatable bonds is 4. The van der Waals surface area contributed by atoms with Crippen LogP contribution in [0.5, 0.6) is 0 Å². The van der Waals surface area contributed by atoms with E-state index in [0.717, 1.165) is 11.3 Å². The van der Waals surface area contributed by atoms with Gasteiger partial charge in [0, 0.05) is 19.3 Å². The van der Waals surface area contributed by atoms with Crippen LogP contribution in [-0.2, 0) is 16.1 Å². The van der Waals surface area contributed by atoms with Crippen LogP contribution in [0.15, 0.2) is 24.3 Å². The molecule has 0 aliphatic heterocycles. The van der Waals surface area contributed by atoms with Crippen molar-refractivity contribution in [3.8, 4) is 0 Å². The number of carbonyl (C=O) groups is 1. The monoisotopic (exact) mass is 222 g/mol. The Morgan fingerprint density at radius 2 is 1.94 bits per heavy atom. The molecule has 0 saturated heterocycles. The third-order valence-electron chi connectivity index (χ3n) is 2.50. The fraction of sp³-hybridized carbons (Fsp3) is 0.417. The summed E-state index contributed by atoms with van der Waals surface area (Å²) in [6, 6.07) is 7.42. The summed E-state index contributed by atoms with van der Waals surface area (Å²) in [5, 5.41) is 2.78. The smallest absolute Gasteiger partial charge is 0.256 e. The first-order valence-corrected chi connectivity index (χ1v) is 5.15. The summed E-state index contributed by atoms with van der Waals surface area (Å²) in [5.74, 6) is -0.171. The van der Waals surface area contributed by atoms with Gasteiger partial charge in [0.1, 0.15) is 5.60 Å². The van der Waals surface area contributed by atoms with Gasteiger partial charge in [-0.05, 0) is 31.5 Å². The van der Waals surface area contributed by atoms with Gasteiger partial charge in [-0.2, -0.15) is 0 Å². The first kappa shape index (κ1) is 12.7. The Morgan fingerprint density at radius 1 is 1.38 bits per heavy atom. The fourth-order valence-corrected chi connectivity index (χ4v) is 1.10. The van der Waals surface area contributed by atoms with E-state index in [1.54, 1.807) is 13.8 Å². The molecule has 0 radical (unpaired) electrons. The zero-order valence-electron chi connectivity index (χ0n) is 9.91. The topological polar surface area (TPSA) is 64.3 Å². The standard InChI is InChI=1S/C12H18N2O2/c1-12(2,16-3)11(15)14-10-6-4-9(8-13)5-7-10/h4-7H,8,13H2,1-3H3,(H,14,15). The van der Waals surface area contributed by atoms with E-state index in [4.69, 9.17) is 10.5 Å². The third-order valence-corrected chi connectivity index (χ3v) is 2.50. The van der Waals surface area contributed by atoms with Crippen molar-refractivity contribution >= 4 is 11.6 Å². The van der Waals surface area contributed by atoms with Crippen LogP contribution in [0.2, 0.25) is 0 Å². The molecule has 0 spiro atoms. The molecule has 0 bridgehead atoms. The van der Waals surface area contributed by atoms with Crippen LogP contribution >= 0.6 is 0 Å². The van der Waals surface area contributed by atoms with Crippen LogP contribution in [0.25, 0.3) is 0 Å². The molecule has 1 amide bonds. The van der Waals surface area contributed by atoms with Crippen LogP contribution in [0.4, 0.5) is 5.69 Å². The van der Waals surface area contributed by atoms with Crippen LogP contribution in [-0.4, -0.2) is 18.6 Å². The van der Waals surface area contributed by atoms with Gasteiger partial charge in [-0.25, -0.2) is 0 Å². The van der Waals surface area contributed by atoms with E-state index in [1.165, 1.54) is 7.11 Å². The molecule has 1 aromatic rings. The lowest BCUT2D eigenvalue weighted by Crippen LogP contribution is -2.38. The van der Waals surface area contributed by atoms with Crippen LogP contribution in [0.3, 0.4) is 0 Å². The number of anilines is 1. The first-order valence-electron chi connectivity index (χ1n) is 5.15. The maximum atomic E-state index is 11.8. The van der Waals surface area contributed by atoms with E-state index in [1.807, 2.05) is 24.3 Å². The van der Waals surface area contributed by atoms with E-state index in [9.17, 15) is 4.79 Å². The molecule has 0 aliphatic rings. The molecule has 4 nitrogen and oxygen atoms in total. The molecular formula is C12H18N2O2. The van der Waals surface area contributed by atoms with Crippen LogP contribution < -0.4 is 11.1 Å². The van der Waals surface area contributed by atoms with Gasteiger partial charge in [0.2, 0.25) is 0 Å². The molecule has 1 aromatic carbocycles. The van der Waals surface area contributed by atoms with Crippen LogP contribution in [0.1, 0.15) is 19.4 Å². The van der Waals surface area contributed by atoms with Gasteiger partial charge in [-0.15, -0.1) is 0 Å². The molecule has 0 heterocycles. The zero-order valence-corrected chi connectivity index (χ0v) is 9.91. The SMILES string of the molecule is COC(C)(C)C(=O)Nc1ccc(CN)cc1. The lowest BCUT2D eigenvalue weighted by Gasteiger charge is -2.21. The van der Waals surface area contributed by atoms with Crippen molar-refractivity contribution in [2.45, 2.75) is 26.0 Å². The minimum Gasteiger partial charge on any atom is -0.369 e. The summed E-state index contributed by atoms with van der Waals surface area (Å²) in [6.07, 6.45) is 0. The zero-order chi connectivity index (χ0) is 12.2. The highest BCUT2D eigenvalue weighted by Gasteiger charge is 2.26. The molecule has 16 heavy (non-hydrogen) atoms. The van der Waals surface area contributed by atoms with E-state index < -0.39 is 5.60 Å². The molecule has 3 N–H and O–H groups in total. The molecule has 88 valence electrons. The van der Waals surface area contributed by atoms with Gasteiger partial charge < -0.3 is 15.8 Å². The highest BCUT2D eigenvalue weighted by atomic mass is 16.5. The summed E-state index contributed by atoms with van der Waals surface area (Å²) in [7, 11) is 1.51. The van der Waals surface area contributed by atoms with Gasteiger partial charge in [-0.1, -0.05) is 12.1 Å². The number of methoxy groups -OCH3 is 1. The Hall–Kier alpha value is -1.39. The third kappa shape index (κ3) is 3.05. The average Bonchev–Trinajstić information content (AvgIpc) is 2.30. The Kier molecular flexibility index (Phi) is 4.04. The fourth-order valence-electron chi connectivity index (χ4n) is 1.10. The Bertz CT molecular complexity index is 358. The second kappa shape index (κ2) is 5.09. The Morgan fingerprint density at radius 3 is 2.38 bits per heavy atom. The van der Waals surface area contributed by atoms with Crippen molar-refractivity contribution in [3.05, 3.63) is 29.8 Å². The predicted octanol–water partition coefficient (Wildman–Crippen LogP) is 1.51. The normalized spacial score (nSPS) is 11.2. The van der Waals surface area contributed by atoms with Crippen molar-refractivity contribution < 1.29 is 9.53 Å². The van der Waals surface area contributed by atoms with Crippen molar-refractivity contribution in [3.63, 3.8) is 0 Å². The lowest BCUT2D eigenvalue weighted by molar-refractivity contribution is -0.133. The lowest BCUT2D eigenvalue weighted by atomic mass is 10.1. The highest BCUT2D eigenvalue weighted by molar-refractivity contribution is 5.96. The quantitative estimate of drug-likeness (QED) is 0.811. The summed E-state index contributed by atoms with van der Waals surface area (Å²) < 4.78 is 5.08. The van der Waals surface area contributed by atoms with Gasteiger partial charge in [0.05, 0.1) is 0 Å². The van der Waals surface area contributed by atoms with E-state index >= 15 is 0 Å². The minimum absolute atomic E-state index is 0.171. The van der Waals surface area contributed by atoms with Gasteiger partial charge in [-0.3, -0.25) is 4.79 Å². The second-order valence-electron chi connectivity index (χ2n) is 4.07. The number of amides is 1. The van der Waals surface area contributed by atoms with Crippen molar-refractivity contribution in [1.29, 1.82) is 0 Å². The van der Waals surface area contributed by atoms with Crippen molar-refractivity contribution in [2.24, 2.45) is 5.73 Å². The molecule has 0 fully saturated rings. The summed E-state index contributed by atoms with van der Waals surface area (Å²) in [4.78, 5) is 11.8. The molecule has 1 rings (SSSR count). The second-order valence-corrected chi connectivity index (χ2v) is 4.07. The molecule has 0 unspecified atom stereocenters. The van der Waals surface area contributed by atoms with Crippen LogP contribution in [0, 0.1) is 0 Å². The van der Waals surface area contributed by atoms with Gasteiger partial charge in [0.15, 0.2) is 0 Å². The summed E-state index contributed by atoms with van der Waals surface area (Å²) >= 11 is 0. The van der Waals surface area contributed by atoms with E-state index in [0.29, 0.717) is 6.54 Å². The maximum absolute atomic E-state index is 11.8. The number of nitrogens with one attached hydrogen (secondary N) is 1. The maximum Gasteiger partial charge on any atom is 0.256 e. The largest absolute Gasteiger partial charge is 0.369 e. The summed E-state index contributed by atoms with van der Waals surface area (Å²) in [5.41, 5.74) is 6.43. The molecule has 4 heteroatoms. The number of hydrogen-bond donors (Lipinski definition) is 2. The minimum atomic E-state index is -0.827. The Balaban J connectivity index is 2.70. The molecular weight excluding hydrogens is 204 g/mol. The average molecular weight is 222 g/mol. The van der Waals surface area contributed by atoms with E-state index in [2.05, 4.69) is 5.32 Å². The van der Waals surface area contributed by atoms with Crippen molar-refractivity contribution in [2.75, 3.05) is 12.4 Å². The molecule has 0 aromatic heterocycles. The number of ether oxygens (including phenoxy) is 1. The number of hydrogen-bond acceptors (Lipinski definition) is 3. The number of carbonyl (C=O) groups excluding carboxylic acids is 1.